The molecule has 2 aromatic heterocycles. The largest absolute Gasteiger partial charge is 0.386 e. The summed E-state index contributed by atoms with van der Waals surface area (Å²) in [4.78, 5) is 18.3. The van der Waals surface area contributed by atoms with Gasteiger partial charge in [0.15, 0.2) is 0 Å². The Labute approximate surface area is 179 Å². The summed E-state index contributed by atoms with van der Waals surface area (Å²) >= 11 is 7.66. The first-order chi connectivity index (χ1) is 13.4. The maximum absolute atomic E-state index is 13.2. The lowest BCUT2D eigenvalue weighted by Gasteiger charge is -2.40. The fraction of sp³-hybridized carbons (Fsp3) is 0.421. The maximum Gasteiger partial charge on any atom is 0.261 e. The van der Waals surface area contributed by atoms with Crippen LogP contribution in [0.3, 0.4) is 0 Å². The van der Waals surface area contributed by atoms with Crippen LogP contribution in [0.2, 0.25) is 5.02 Å². The Morgan fingerprint density at radius 1 is 1.38 bits per heavy atom. The molecule has 10 heteroatoms. The number of nitrogens with two attached hydrogens (primary N) is 1. The molecule has 0 fully saturated rings. The van der Waals surface area contributed by atoms with E-state index >= 15 is 0 Å². The van der Waals surface area contributed by atoms with Crippen molar-refractivity contribution in [3.63, 3.8) is 0 Å². The van der Waals surface area contributed by atoms with E-state index in [0.29, 0.717) is 20.5 Å². The number of nitrogens with zero attached hydrogens (tertiary/aromatic N) is 3. The minimum absolute atomic E-state index is 0.202. The Morgan fingerprint density at radius 2 is 2.07 bits per heavy atom. The topological polar surface area (TPSA) is 110 Å². The summed E-state index contributed by atoms with van der Waals surface area (Å²) < 4.78 is 12.4. The lowest BCUT2D eigenvalue weighted by molar-refractivity contribution is 0.0954. The predicted molar refractivity (Wildman–Crippen MR) is 120 cm³/mol. The third kappa shape index (κ3) is 4.04. The van der Waals surface area contributed by atoms with Crippen LogP contribution >= 0.6 is 22.9 Å². The molecule has 7 nitrogen and oxygen atoms in total. The van der Waals surface area contributed by atoms with Crippen LogP contribution in [0.1, 0.15) is 46.7 Å². The van der Waals surface area contributed by atoms with E-state index < -0.39 is 19.8 Å². The van der Waals surface area contributed by atoms with E-state index in [2.05, 4.69) is 26.4 Å². The first-order valence-electron chi connectivity index (χ1n) is 8.93. The molecule has 3 rings (SSSR count). The lowest BCUT2D eigenvalue weighted by Crippen LogP contribution is -2.54. The van der Waals surface area contributed by atoms with Gasteiger partial charge in [-0.05, 0) is 61.3 Å². The highest BCUT2D eigenvalue weighted by Gasteiger charge is 2.46. The van der Waals surface area contributed by atoms with E-state index in [-0.39, 0.29) is 24.0 Å². The van der Waals surface area contributed by atoms with Crippen LogP contribution in [0.15, 0.2) is 23.2 Å². The molecule has 156 valence electrons. The van der Waals surface area contributed by atoms with Crippen molar-refractivity contribution in [1.29, 1.82) is 0 Å². The SMILES string of the molecule is C=S1(=O)C[C@@](C)(c2sc(C(=O)NCc3ccc(C)nn3)cc2Cl)N=C(N)C1(C)C. The second-order valence-corrected chi connectivity index (χ2v) is 12.3. The van der Waals surface area contributed by atoms with E-state index in [1.165, 1.54) is 11.3 Å². The highest BCUT2D eigenvalue weighted by atomic mass is 35.5. The zero-order valence-corrected chi connectivity index (χ0v) is 19.2. The van der Waals surface area contributed by atoms with Crippen LogP contribution in [0, 0.1) is 6.92 Å². The van der Waals surface area contributed by atoms with Gasteiger partial charge in [0, 0.05) is 5.75 Å². The van der Waals surface area contributed by atoms with Crippen molar-refractivity contribution < 1.29 is 9.00 Å². The highest BCUT2D eigenvalue weighted by molar-refractivity contribution is 8.02. The quantitative estimate of drug-likeness (QED) is 0.691. The van der Waals surface area contributed by atoms with Gasteiger partial charge in [0.2, 0.25) is 0 Å². The van der Waals surface area contributed by atoms with E-state index in [9.17, 15) is 9.00 Å². The van der Waals surface area contributed by atoms with E-state index in [1.807, 2.05) is 26.0 Å². The molecule has 0 aliphatic carbocycles. The predicted octanol–water partition coefficient (Wildman–Crippen LogP) is 2.51. The average molecular weight is 454 g/mol. The fourth-order valence-electron chi connectivity index (χ4n) is 3.00. The maximum atomic E-state index is 13.2. The minimum atomic E-state index is -2.57. The number of carbonyl (C=O) groups is 1. The molecule has 1 aliphatic rings. The smallest absolute Gasteiger partial charge is 0.261 e. The molecule has 0 spiro atoms. The van der Waals surface area contributed by atoms with Crippen molar-refractivity contribution in [2.45, 2.75) is 44.5 Å². The summed E-state index contributed by atoms with van der Waals surface area (Å²) in [7, 11) is -2.57. The van der Waals surface area contributed by atoms with Crippen molar-refractivity contribution in [1.82, 2.24) is 15.5 Å². The summed E-state index contributed by atoms with van der Waals surface area (Å²) in [5.41, 5.74) is 6.70. The van der Waals surface area contributed by atoms with Gasteiger partial charge >= 0.3 is 0 Å². The average Bonchev–Trinajstić information content (AvgIpc) is 3.02. The summed E-state index contributed by atoms with van der Waals surface area (Å²) in [6.07, 6.45) is 0. The van der Waals surface area contributed by atoms with Gasteiger partial charge in [-0.1, -0.05) is 11.6 Å². The number of nitrogens with one attached hydrogen (secondary N) is 1. The Balaban J connectivity index is 1.85. The van der Waals surface area contributed by atoms with Gasteiger partial charge in [-0.2, -0.15) is 10.2 Å². The number of thiophene rings is 1. The normalized spacial score (nSPS) is 26.0. The van der Waals surface area contributed by atoms with Crippen LogP contribution in [0.4, 0.5) is 0 Å². The molecule has 0 radical (unpaired) electrons. The Morgan fingerprint density at radius 3 is 2.66 bits per heavy atom. The molecule has 2 aromatic rings. The van der Waals surface area contributed by atoms with E-state index in [4.69, 9.17) is 17.3 Å². The second-order valence-electron chi connectivity index (χ2n) is 7.87. The number of aliphatic imine (C=N–C) groups is 1. The van der Waals surface area contributed by atoms with Crippen LogP contribution in [0.5, 0.6) is 0 Å². The van der Waals surface area contributed by atoms with Crippen LogP contribution in [-0.4, -0.2) is 42.5 Å². The first-order valence-corrected chi connectivity index (χ1v) is 12.0. The van der Waals surface area contributed by atoms with Gasteiger partial charge in [-0.15, -0.1) is 11.3 Å². The zero-order valence-electron chi connectivity index (χ0n) is 16.8. The third-order valence-electron chi connectivity index (χ3n) is 5.11. The molecule has 0 bridgehead atoms. The molecule has 1 aliphatic heterocycles. The number of hydrogen-bond donors (Lipinski definition) is 2. The standard InChI is InChI=1S/C19H24ClN5O2S2/c1-11-6-7-12(25-24-11)9-22-16(26)14-8-13(20)15(28-14)19(4)10-29(5,27)18(2,3)17(21)23-19/h6-8H,5,9-10H2,1-4H3,(H2,21,23)(H,22,26)/t19-,29?/m0/s1. The summed E-state index contributed by atoms with van der Waals surface area (Å²) in [6.45, 7) is 7.48. The summed E-state index contributed by atoms with van der Waals surface area (Å²) in [5.74, 6) is 4.13. The van der Waals surface area contributed by atoms with Gasteiger partial charge in [0.25, 0.3) is 5.91 Å². The number of halogens is 1. The Kier molecular flexibility index (Phi) is 5.53. The number of rotatable bonds is 4. The molecular weight excluding hydrogens is 430 g/mol. The summed E-state index contributed by atoms with van der Waals surface area (Å²) in [6, 6.07) is 5.24. The van der Waals surface area contributed by atoms with Crippen molar-refractivity contribution in [3.8, 4) is 0 Å². The molecule has 1 amide bonds. The molecule has 0 saturated heterocycles. The molecule has 3 heterocycles. The fourth-order valence-corrected chi connectivity index (χ4v) is 6.55. The first kappa shape index (κ1) is 21.7. The van der Waals surface area contributed by atoms with Gasteiger partial charge in [-0.25, -0.2) is 0 Å². The van der Waals surface area contributed by atoms with Gasteiger partial charge in [-0.3, -0.25) is 14.0 Å². The number of aromatic nitrogens is 2. The zero-order chi connectivity index (χ0) is 21.6. The molecule has 29 heavy (non-hydrogen) atoms. The van der Waals surface area contributed by atoms with Crippen molar-refractivity contribution in [2.75, 3.05) is 5.75 Å². The minimum Gasteiger partial charge on any atom is -0.386 e. The molecule has 0 saturated carbocycles. The third-order valence-corrected chi connectivity index (χ3v) is 10.0. The Hall–Kier alpha value is -1.97. The molecule has 1 unspecified atom stereocenters. The van der Waals surface area contributed by atoms with Crippen LogP contribution < -0.4 is 11.1 Å². The number of aryl methyl sites for hydroxylation is 1. The number of amides is 1. The second kappa shape index (κ2) is 7.37. The lowest BCUT2D eigenvalue weighted by atomic mass is 10.0. The molecule has 2 atom stereocenters. The molecule has 0 aromatic carbocycles. The van der Waals surface area contributed by atoms with Gasteiger partial charge in [0.1, 0.15) is 11.4 Å². The number of carbonyl (C=O) groups excluding carboxylic acids is 1. The van der Waals surface area contributed by atoms with E-state index in [1.54, 1.807) is 19.9 Å². The van der Waals surface area contributed by atoms with Gasteiger partial charge in [0.05, 0.1) is 37.5 Å². The van der Waals surface area contributed by atoms with Crippen LogP contribution in [0.25, 0.3) is 0 Å². The van der Waals surface area contributed by atoms with Crippen molar-refractivity contribution >= 4 is 50.1 Å². The van der Waals surface area contributed by atoms with Crippen molar-refractivity contribution in [2.24, 2.45) is 10.7 Å². The highest BCUT2D eigenvalue weighted by Crippen LogP contribution is 2.43. The van der Waals surface area contributed by atoms with E-state index in [0.717, 1.165) is 5.69 Å². The monoisotopic (exact) mass is 453 g/mol. The van der Waals surface area contributed by atoms with Crippen molar-refractivity contribution in [3.05, 3.63) is 44.4 Å². The van der Waals surface area contributed by atoms with Gasteiger partial charge < -0.3 is 11.1 Å². The molecular formula is C19H24ClN5O2S2. The van der Waals surface area contributed by atoms with Crippen LogP contribution in [-0.2, 0) is 21.6 Å². The Bertz CT molecular complexity index is 1090. The summed E-state index contributed by atoms with van der Waals surface area (Å²) in [5, 5.41) is 11.2. The number of hydrogen-bond acceptors (Lipinski definition) is 7. The molecule has 3 N–H and O–H groups in total. The number of amidine groups is 1.